The summed E-state index contributed by atoms with van der Waals surface area (Å²) < 4.78 is 11.1. The summed E-state index contributed by atoms with van der Waals surface area (Å²) >= 11 is 0. The molecule has 2 atom stereocenters. The van der Waals surface area contributed by atoms with Crippen LogP contribution in [0.15, 0.2) is 39.5 Å². The van der Waals surface area contributed by atoms with Gasteiger partial charge in [-0.2, -0.15) is 0 Å². The number of carbonyl (C=O) groups is 1. The Labute approximate surface area is 132 Å². The van der Waals surface area contributed by atoms with Crippen molar-refractivity contribution in [3.05, 3.63) is 46.3 Å². The van der Waals surface area contributed by atoms with Gasteiger partial charge >= 0.3 is 0 Å². The number of amides is 1. The lowest BCUT2D eigenvalue weighted by Crippen LogP contribution is -2.36. The number of nitrogens with zero attached hydrogens (tertiary/aromatic N) is 1. The molecule has 0 spiro atoms. The lowest BCUT2D eigenvalue weighted by molar-refractivity contribution is 0.0608. The normalized spacial score (nSPS) is 26.7. The van der Waals surface area contributed by atoms with Crippen LogP contribution in [-0.2, 0) is 4.74 Å². The summed E-state index contributed by atoms with van der Waals surface area (Å²) in [5.74, 6) is -0.138. The molecule has 6 heteroatoms. The Bertz CT molecular complexity index is 829. The zero-order valence-corrected chi connectivity index (χ0v) is 12.5. The van der Waals surface area contributed by atoms with Gasteiger partial charge in [0.1, 0.15) is 5.58 Å². The first kappa shape index (κ1) is 14.4. The molecule has 0 radical (unpaired) electrons. The number of aliphatic hydroxyl groups excluding tert-OH is 1. The van der Waals surface area contributed by atoms with Crippen molar-refractivity contribution in [1.29, 1.82) is 0 Å². The van der Waals surface area contributed by atoms with Crippen LogP contribution in [0.1, 0.15) is 10.6 Å². The van der Waals surface area contributed by atoms with Gasteiger partial charge in [0.25, 0.3) is 5.91 Å². The van der Waals surface area contributed by atoms with E-state index in [1.807, 2.05) is 0 Å². The average molecular weight is 315 g/mol. The van der Waals surface area contributed by atoms with Crippen molar-refractivity contribution in [3.63, 3.8) is 0 Å². The largest absolute Gasteiger partial charge is 0.451 e. The fraction of sp³-hybridized carbons (Fsp3) is 0.412. The van der Waals surface area contributed by atoms with Gasteiger partial charge in [0.15, 0.2) is 11.2 Å². The predicted octanol–water partition coefficient (Wildman–Crippen LogP) is 0.874. The number of aliphatic hydroxyl groups is 1. The van der Waals surface area contributed by atoms with Crippen molar-refractivity contribution < 1.29 is 19.1 Å². The highest BCUT2D eigenvalue weighted by atomic mass is 16.5. The van der Waals surface area contributed by atoms with Crippen LogP contribution < -0.4 is 5.43 Å². The summed E-state index contributed by atoms with van der Waals surface area (Å²) in [7, 11) is 0. The molecule has 1 aromatic carbocycles. The van der Waals surface area contributed by atoms with Gasteiger partial charge in [-0.1, -0.05) is 12.1 Å². The number of carbonyl (C=O) groups excluding carboxylic acids is 1. The number of ether oxygens (including phenoxy) is 1. The molecular weight excluding hydrogens is 298 g/mol. The highest BCUT2D eigenvalue weighted by Gasteiger charge is 2.51. The molecule has 2 aromatic rings. The molecule has 1 N–H and O–H groups in total. The Morgan fingerprint density at radius 1 is 1.39 bits per heavy atom. The molecule has 2 aliphatic heterocycles. The van der Waals surface area contributed by atoms with E-state index in [0.29, 0.717) is 37.3 Å². The fourth-order valence-electron chi connectivity index (χ4n) is 3.58. The summed E-state index contributed by atoms with van der Waals surface area (Å²) in [5.41, 5.74) is -0.204. The lowest BCUT2D eigenvalue weighted by atomic mass is 9.82. The molecule has 6 nitrogen and oxygen atoms in total. The molecule has 0 aliphatic carbocycles. The van der Waals surface area contributed by atoms with Crippen LogP contribution in [0.5, 0.6) is 0 Å². The molecule has 1 amide bonds. The summed E-state index contributed by atoms with van der Waals surface area (Å²) in [4.78, 5) is 26.5. The van der Waals surface area contributed by atoms with Gasteiger partial charge in [0.05, 0.1) is 25.2 Å². The highest BCUT2D eigenvalue weighted by molar-refractivity contribution is 5.93. The first-order chi connectivity index (χ1) is 11.1. The standard InChI is InChI=1S/C17H17NO5/c19-9-17-8-18(6-11(17)7-22-10-17)16(21)15-5-13(20)12-3-1-2-4-14(12)23-15/h1-5,11,19H,6-10H2/t11-,17-/m0/s1. The number of benzene rings is 1. The molecular formula is C17H17NO5. The van der Waals surface area contributed by atoms with Crippen LogP contribution in [0.4, 0.5) is 0 Å². The van der Waals surface area contributed by atoms with E-state index in [0.717, 1.165) is 0 Å². The van der Waals surface area contributed by atoms with Gasteiger partial charge in [0.2, 0.25) is 0 Å². The molecule has 0 bridgehead atoms. The Morgan fingerprint density at radius 2 is 2.22 bits per heavy atom. The predicted molar refractivity (Wildman–Crippen MR) is 82.2 cm³/mol. The van der Waals surface area contributed by atoms with Crippen molar-refractivity contribution in [2.75, 3.05) is 32.9 Å². The SMILES string of the molecule is O=C(c1cc(=O)c2ccccc2o1)N1C[C@H]2COC[C@@]2(CO)C1. The summed E-state index contributed by atoms with van der Waals surface area (Å²) in [6, 6.07) is 8.12. The molecule has 23 heavy (non-hydrogen) atoms. The van der Waals surface area contributed by atoms with Crippen LogP contribution in [-0.4, -0.2) is 48.8 Å². The van der Waals surface area contributed by atoms with Crippen molar-refractivity contribution in [3.8, 4) is 0 Å². The van der Waals surface area contributed by atoms with Crippen molar-refractivity contribution in [1.82, 2.24) is 4.90 Å². The van der Waals surface area contributed by atoms with Crippen molar-refractivity contribution in [2.24, 2.45) is 11.3 Å². The van der Waals surface area contributed by atoms with E-state index >= 15 is 0 Å². The quantitative estimate of drug-likeness (QED) is 0.889. The Kier molecular flexibility index (Phi) is 3.25. The number of likely N-dealkylation sites (tertiary alicyclic amines) is 1. The molecule has 3 heterocycles. The minimum atomic E-state index is -0.382. The highest BCUT2D eigenvalue weighted by Crippen LogP contribution is 2.41. The first-order valence-electron chi connectivity index (χ1n) is 7.64. The Hall–Kier alpha value is -2.18. The third kappa shape index (κ3) is 2.17. The second-order valence-corrected chi connectivity index (χ2v) is 6.39. The summed E-state index contributed by atoms with van der Waals surface area (Å²) in [6.07, 6.45) is 0. The number of fused-ring (bicyclic) bond motifs is 2. The maximum Gasteiger partial charge on any atom is 0.289 e. The van der Waals surface area contributed by atoms with Crippen LogP contribution >= 0.6 is 0 Å². The van der Waals surface area contributed by atoms with E-state index in [4.69, 9.17) is 9.15 Å². The van der Waals surface area contributed by atoms with E-state index in [1.54, 1.807) is 29.2 Å². The molecule has 1 aromatic heterocycles. The minimum Gasteiger partial charge on any atom is -0.451 e. The second kappa shape index (κ2) is 5.18. The second-order valence-electron chi connectivity index (χ2n) is 6.39. The maximum absolute atomic E-state index is 12.7. The number of rotatable bonds is 2. The zero-order chi connectivity index (χ0) is 16.0. The van der Waals surface area contributed by atoms with Gasteiger partial charge in [-0.25, -0.2) is 0 Å². The topological polar surface area (TPSA) is 80.0 Å². The minimum absolute atomic E-state index is 0.0108. The molecule has 4 rings (SSSR count). The van der Waals surface area contributed by atoms with E-state index in [9.17, 15) is 14.7 Å². The van der Waals surface area contributed by atoms with E-state index in [2.05, 4.69) is 0 Å². The smallest absolute Gasteiger partial charge is 0.289 e. The van der Waals surface area contributed by atoms with E-state index in [-0.39, 0.29) is 35.0 Å². The van der Waals surface area contributed by atoms with Crippen LogP contribution in [0.3, 0.4) is 0 Å². The van der Waals surface area contributed by atoms with Crippen molar-refractivity contribution >= 4 is 16.9 Å². The lowest BCUT2D eigenvalue weighted by Gasteiger charge is -2.23. The van der Waals surface area contributed by atoms with Crippen LogP contribution in [0.2, 0.25) is 0 Å². The van der Waals surface area contributed by atoms with E-state index in [1.165, 1.54) is 6.07 Å². The maximum atomic E-state index is 12.7. The van der Waals surface area contributed by atoms with Crippen LogP contribution in [0.25, 0.3) is 11.0 Å². The number of hydrogen-bond acceptors (Lipinski definition) is 5. The average Bonchev–Trinajstić information content (AvgIpc) is 3.11. The first-order valence-corrected chi connectivity index (χ1v) is 7.64. The third-order valence-electron chi connectivity index (χ3n) is 4.97. The molecule has 2 saturated heterocycles. The molecule has 2 fully saturated rings. The summed E-state index contributed by atoms with van der Waals surface area (Å²) in [5, 5.41) is 10.2. The monoisotopic (exact) mass is 315 g/mol. The van der Waals surface area contributed by atoms with Crippen molar-refractivity contribution in [2.45, 2.75) is 0 Å². The fourth-order valence-corrected chi connectivity index (χ4v) is 3.58. The van der Waals surface area contributed by atoms with Gasteiger partial charge in [-0.15, -0.1) is 0 Å². The zero-order valence-electron chi connectivity index (χ0n) is 12.5. The molecule has 0 unspecified atom stereocenters. The summed E-state index contributed by atoms with van der Waals surface area (Å²) in [6.45, 7) is 1.92. The van der Waals surface area contributed by atoms with E-state index < -0.39 is 0 Å². The Morgan fingerprint density at radius 3 is 3.00 bits per heavy atom. The number of hydrogen-bond donors (Lipinski definition) is 1. The molecule has 2 aliphatic rings. The number of para-hydroxylation sites is 1. The van der Waals surface area contributed by atoms with Gasteiger partial charge in [-0.3, -0.25) is 9.59 Å². The van der Waals surface area contributed by atoms with Gasteiger partial charge < -0.3 is 19.2 Å². The third-order valence-corrected chi connectivity index (χ3v) is 4.97. The molecule has 0 saturated carbocycles. The van der Waals surface area contributed by atoms with Gasteiger partial charge in [0, 0.05) is 30.5 Å². The molecule has 120 valence electrons. The van der Waals surface area contributed by atoms with Crippen LogP contribution in [0, 0.1) is 11.3 Å². The van der Waals surface area contributed by atoms with Gasteiger partial charge in [-0.05, 0) is 12.1 Å². The Balaban J connectivity index is 1.67.